The highest BCUT2D eigenvalue weighted by Crippen LogP contribution is 2.32. The minimum Gasteiger partial charge on any atom is -0.484 e. The molecule has 2 aromatic carbocycles. The van der Waals surface area contributed by atoms with E-state index in [1.165, 1.54) is 18.2 Å². The fraction of sp³-hybridized carbons (Fsp3) is 0.133. The van der Waals surface area contributed by atoms with Gasteiger partial charge < -0.3 is 14.2 Å². The molecule has 1 aliphatic rings. The average molecular weight is 353 g/mol. The second-order valence-corrected chi connectivity index (χ2v) is 5.21. The van der Waals surface area contributed by atoms with E-state index in [1.54, 1.807) is 18.2 Å². The summed E-state index contributed by atoms with van der Waals surface area (Å²) in [5.74, 6) is 0.990. The van der Waals surface area contributed by atoms with Gasteiger partial charge in [0.25, 0.3) is 0 Å². The Morgan fingerprint density at radius 3 is 2.81 bits per heavy atom. The lowest BCUT2D eigenvalue weighted by atomic mass is 10.1. The Labute approximate surface area is 128 Å². The van der Waals surface area contributed by atoms with Crippen molar-refractivity contribution in [2.45, 2.75) is 0 Å². The number of benzene rings is 2. The van der Waals surface area contributed by atoms with Gasteiger partial charge in [-0.25, -0.2) is 4.39 Å². The van der Waals surface area contributed by atoms with E-state index in [0.717, 1.165) is 0 Å². The SMILES string of the molecule is O=C(COc1ccc(F)cc1Br)c1ccc2c(c1)OCO2. The number of rotatable bonds is 4. The quantitative estimate of drug-likeness (QED) is 0.789. The number of hydrogen-bond donors (Lipinski definition) is 0. The number of halogens is 2. The molecule has 0 aromatic heterocycles. The van der Waals surface area contributed by atoms with Gasteiger partial charge in [-0.1, -0.05) is 0 Å². The third kappa shape index (κ3) is 3.00. The summed E-state index contributed by atoms with van der Waals surface area (Å²) in [6.07, 6.45) is 0. The van der Waals surface area contributed by atoms with Crippen LogP contribution >= 0.6 is 15.9 Å². The van der Waals surface area contributed by atoms with Crippen molar-refractivity contribution in [2.24, 2.45) is 0 Å². The van der Waals surface area contributed by atoms with Crippen molar-refractivity contribution >= 4 is 21.7 Å². The van der Waals surface area contributed by atoms with Crippen LogP contribution in [-0.2, 0) is 0 Å². The highest BCUT2D eigenvalue weighted by atomic mass is 79.9. The number of ketones is 1. The van der Waals surface area contributed by atoms with Gasteiger partial charge >= 0.3 is 0 Å². The Kier molecular flexibility index (Phi) is 3.79. The van der Waals surface area contributed by atoms with Crippen LogP contribution in [0.5, 0.6) is 17.2 Å². The molecule has 1 aliphatic heterocycles. The molecule has 21 heavy (non-hydrogen) atoms. The summed E-state index contributed by atoms with van der Waals surface area (Å²) in [5, 5.41) is 0. The zero-order chi connectivity index (χ0) is 14.8. The van der Waals surface area contributed by atoms with Gasteiger partial charge in [-0.05, 0) is 52.3 Å². The minimum atomic E-state index is -0.378. The standard InChI is InChI=1S/C15H10BrFO4/c16-11-6-10(17)2-4-13(11)19-7-12(18)9-1-3-14-15(5-9)21-8-20-14/h1-6H,7-8H2. The first-order valence-corrected chi connectivity index (χ1v) is 6.93. The van der Waals surface area contributed by atoms with Crippen LogP contribution in [0.2, 0.25) is 0 Å². The molecule has 4 nitrogen and oxygen atoms in total. The third-order valence-corrected chi connectivity index (χ3v) is 3.57. The summed E-state index contributed by atoms with van der Waals surface area (Å²) < 4.78 is 29.2. The van der Waals surface area contributed by atoms with Crippen molar-refractivity contribution in [2.75, 3.05) is 13.4 Å². The number of fused-ring (bicyclic) bond motifs is 1. The molecule has 0 fully saturated rings. The molecule has 3 rings (SSSR count). The fourth-order valence-corrected chi connectivity index (χ4v) is 2.35. The van der Waals surface area contributed by atoms with E-state index in [2.05, 4.69) is 15.9 Å². The number of carbonyl (C=O) groups excluding carboxylic acids is 1. The first kappa shape index (κ1) is 13.9. The topological polar surface area (TPSA) is 44.8 Å². The Morgan fingerprint density at radius 2 is 2.00 bits per heavy atom. The first-order chi connectivity index (χ1) is 10.1. The van der Waals surface area contributed by atoms with E-state index in [9.17, 15) is 9.18 Å². The Balaban J connectivity index is 1.69. The molecule has 0 saturated carbocycles. The highest BCUT2D eigenvalue weighted by molar-refractivity contribution is 9.10. The van der Waals surface area contributed by atoms with Crippen molar-refractivity contribution in [1.29, 1.82) is 0 Å². The van der Waals surface area contributed by atoms with Gasteiger partial charge in [0.2, 0.25) is 6.79 Å². The van der Waals surface area contributed by atoms with E-state index in [0.29, 0.717) is 27.3 Å². The molecule has 0 N–H and O–H groups in total. The molecule has 0 radical (unpaired) electrons. The minimum absolute atomic E-state index is 0.149. The lowest BCUT2D eigenvalue weighted by molar-refractivity contribution is 0.0920. The summed E-state index contributed by atoms with van der Waals surface area (Å²) in [6, 6.07) is 8.97. The lowest BCUT2D eigenvalue weighted by Gasteiger charge is -2.08. The predicted molar refractivity (Wildman–Crippen MR) is 76.5 cm³/mol. The van der Waals surface area contributed by atoms with Crippen LogP contribution < -0.4 is 14.2 Å². The van der Waals surface area contributed by atoms with Crippen LogP contribution in [-0.4, -0.2) is 19.2 Å². The average Bonchev–Trinajstić information content (AvgIpc) is 2.93. The Bertz CT molecular complexity index is 702. The maximum absolute atomic E-state index is 13.0. The monoisotopic (exact) mass is 352 g/mol. The second kappa shape index (κ2) is 5.73. The summed E-state index contributed by atoms with van der Waals surface area (Å²) in [4.78, 5) is 12.1. The molecule has 1 heterocycles. The van der Waals surface area contributed by atoms with Crippen molar-refractivity contribution in [1.82, 2.24) is 0 Å². The molecule has 0 bridgehead atoms. The molecule has 6 heteroatoms. The maximum Gasteiger partial charge on any atom is 0.231 e. The van der Waals surface area contributed by atoms with Gasteiger partial charge in [0, 0.05) is 5.56 Å². The van der Waals surface area contributed by atoms with Gasteiger partial charge in [-0.2, -0.15) is 0 Å². The molecule has 0 spiro atoms. The van der Waals surface area contributed by atoms with Crippen LogP contribution in [0.15, 0.2) is 40.9 Å². The zero-order valence-corrected chi connectivity index (χ0v) is 12.4. The summed E-state index contributed by atoms with van der Waals surface area (Å²) in [5.41, 5.74) is 0.470. The normalized spacial score (nSPS) is 12.3. The molecule has 0 unspecified atom stereocenters. The molecule has 108 valence electrons. The lowest BCUT2D eigenvalue weighted by Crippen LogP contribution is -2.11. The number of ether oxygens (including phenoxy) is 3. The highest BCUT2D eigenvalue weighted by Gasteiger charge is 2.16. The zero-order valence-electron chi connectivity index (χ0n) is 10.8. The predicted octanol–water partition coefficient (Wildman–Crippen LogP) is 3.58. The van der Waals surface area contributed by atoms with E-state index in [-0.39, 0.29) is 25.0 Å². The van der Waals surface area contributed by atoms with Gasteiger partial charge in [-0.3, -0.25) is 4.79 Å². The molecule has 2 aromatic rings. The molecular weight excluding hydrogens is 343 g/mol. The summed E-state index contributed by atoms with van der Waals surface area (Å²) in [6.45, 7) is 0.00980. The largest absolute Gasteiger partial charge is 0.484 e. The fourth-order valence-electron chi connectivity index (χ4n) is 1.89. The van der Waals surface area contributed by atoms with Crippen molar-refractivity contribution in [3.05, 3.63) is 52.3 Å². The number of carbonyl (C=O) groups is 1. The maximum atomic E-state index is 13.0. The molecule has 0 atom stereocenters. The van der Waals surface area contributed by atoms with Gasteiger partial charge in [0.1, 0.15) is 11.6 Å². The first-order valence-electron chi connectivity index (χ1n) is 6.14. The molecule has 0 aliphatic carbocycles. The van der Waals surface area contributed by atoms with Gasteiger partial charge in [-0.15, -0.1) is 0 Å². The summed E-state index contributed by atoms with van der Waals surface area (Å²) >= 11 is 3.18. The number of hydrogen-bond acceptors (Lipinski definition) is 4. The number of Topliss-reactive ketones (excluding diaryl/α,β-unsaturated/α-hetero) is 1. The Morgan fingerprint density at radius 1 is 1.19 bits per heavy atom. The van der Waals surface area contributed by atoms with Crippen molar-refractivity contribution in [3.8, 4) is 17.2 Å². The smallest absolute Gasteiger partial charge is 0.231 e. The molecular formula is C15H10BrFO4. The van der Waals surface area contributed by atoms with E-state index in [4.69, 9.17) is 14.2 Å². The molecule has 0 amide bonds. The molecule has 0 saturated heterocycles. The third-order valence-electron chi connectivity index (χ3n) is 2.95. The van der Waals surface area contributed by atoms with E-state index < -0.39 is 0 Å². The van der Waals surface area contributed by atoms with Crippen LogP contribution in [0.4, 0.5) is 4.39 Å². The van der Waals surface area contributed by atoms with Crippen LogP contribution in [0, 0.1) is 5.82 Å². The van der Waals surface area contributed by atoms with E-state index >= 15 is 0 Å². The van der Waals surface area contributed by atoms with E-state index in [1.807, 2.05) is 0 Å². The van der Waals surface area contributed by atoms with Crippen LogP contribution in [0.25, 0.3) is 0 Å². The van der Waals surface area contributed by atoms with Crippen molar-refractivity contribution in [3.63, 3.8) is 0 Å². The Hall–Kier alpha value is -2.08. The van der Waals surface area contributed by atoms with Crippen molar-refractivity contribution < 1.29 is 23.4 Å². The van der Waals surface area contributed by atoms with Crippen LogP contribution in [0.3, 0.4) is 0 Å². The summed E-state index contributed by atoms with van der Waals surface area (Å²) in [7, 11) is 0. The van der Waals surface area contributed by atoms with Crippen LogP contribution in [0.1, 0.15) is 10.4 Å². The van der Waals surface area contributed by atoms with Gasteiger partial charge in [0.15, 0.2) is 23.9 Å². The second-order valence-electron chi connectivity index (χ2n) is 4.35. The van der Waals surface area contributed by atoms with Gasteiger partial charge in [0.05, 0.1) is 4.47 Å².